The smallest absolute Gasteiger partial charge is 0.177 e. The van der Waals surface area contributed by atoms with Crippen LogP contribution in [0.3, 0.4) is 0 Å². The Labute approximate surface area is 85.9 Å². The van der Waals surface area contributed by atoms with Crippen molar-refractivity contribution in [3.63, 3.8) is 0 Å². The number of thiol groups is 1. The van der Waals surface area contributed by atoms with Crippen LogP contribution in [0.25, 0.3) is 0 Å². The largest absolute Gasteiger partial charge is 0.322 e. The lowest BCUT2D eigenvalue weighted by Gasteiger charge is -2.15. The third-order valence-corrected chi connectivity index (χ3v) is 3.21. The van der Waals surface area contributed by atoms with Gasteiger partial charge in [-0.25, -0.2) is 4.98 Å². The molecule has 12 heavy (non-hydrogen) atoms. The number of halogens is 1. The van der Waals surface area contributed by atoms with Crippen molar-refractivity contribution in [2.75, 3.05) is 0 Å². The van der Waals surface area contributed by atoms with E-state index in [1.807, 2.05) is 0 Å². The Morgan fingerprint density at radius 1 is 1.50 bits per heavy atom. The second-order valence-electron chi connectivity index (χ2n) is 3.04. The van der Waals surface area contributed by atoms with Gasteiger partial charge in [0.05, 0.1) is 5.69 Å². The zero-order valence-electron chi connectivity index (χ0n) is 6.76. The van der Waals surface area contributed by atoms with Crippen LogP contribution < -0.4 is 0 Å². The Morgan fingerprint density at radius 3 is 3.08 bits per heavy atom. The van der Waals surface area contributed by atoms with Crippen LogP contribution in [-0.2, 0) is 18.7 Å². The number of aromatic nitrogens is 2. The zero-order chi connectivity index (χ0) is 8.55. The van der Waals surface area contributed by atoms with Gasteiger partial charge in [0.2, 0.25) is 0 Å². The van der Waals surface area contributed by atoms with Crippen molar-refractivity contribution >= 4 is 28.6 Å². The van der Waals surface area contributed by atoms with Crippen molar-refractivity contribution in [2.24, 2.45) is 0 Å². The lowest BCUT2D eigenvalue weighted by atomic mass is 10.1. The predicted octanol–water partition coefficient (Wildman–Crippen LogP) is 2.41. The molecule has 0 radical (unpaired) electrons. The van der Waals surface area contributed by atoms with E-state index in [1.54, 1.807) is 0 Å². The maximum Gasteiger partial charge on any atom is 0.177 e. The summed E-state index contributed by atoms with van der Waals surface area (Å²) in [7, 11) is 0. The molecule has 0 amide bonds. The molecule has 0 saturated carbocycles. The molecule has 0 bridgehead atoms. The maximum atomic E-state index is 4.41. The molecule has 1 aromatic heterocycles. The topological polar surface area (TPSA) is 17.8 Å². The van der Waals surface area contributed by atoms with E-state index >= 15 is 0 Å². The summed E-state index contributed by atoms with van der Waals surface area (Å²) in [5.74, 6) is 0.751. The van der Waals surface area contributed by atoms with E-state index in [9.17, 15) is 0 Å². The number of fused-ring (bicyclic) bond motifs is 1. The normalized spacial score (nSPS) is 16.2. The lowest BCUT2D eigenvalue weighted by Crippen LogP contribution is -2.10. The lowest BCUT2D eigenvalue weighted by molar-refractivity contribution is 0.523. The SMILES string of the molecule is SCc1nc(Br)n2c1CCCC2. The molecule has 1 aliphatic heterocycles. The standard InChI is InChI=1S/C8H11BrN2S/c9-8-10-6(5-12)7-3-1-2-4-11(7)8/h12H,1-5H2. The number of hydrogen-bond acceptors (Lipinski definition) is 2. The van der Waals surface area contributed by atoms with Crippen LogP contribution in [0.5, 0.6) is 0 Å². The van der Waals surface area contributed by atoms with Gasteiger partial charge in [-0.3, -0.25) is 0 Å². The maximum absolute atomic E-state index is 4.41. The van der Waals surface area contributed by atoms with Crippen LogP contribution >= 0.6 is 28.6 Å². The van der Waals surface area contributed by atoms with Crippen molar-refractivity contribution in [1.82, 2.24) is 9.55 Å². The molecule has 0 aromatic carbocycles. The highest BCUT2D eigenvalue weighted by Crippen LogP contribution is 2.24. The quantitative estimate of drug-likeness (QED) is 0.754. The molecular formula is C8H11BrN2S. The first kappa shape index (κ1) is 8.63. The molecule has 1 aliphatic rings. The monoisotopic (exact) mass is 246 g/mol. The van der Waals surface area contributed by atoms with Crippen LogP contribution in [0.2, 0.25) is 0 Å². The Hall–Kier alpha value is 0.0400. The molecule has 0 unspecified atom stereocenters. The van der Waals surface area contributed by atoms with Gasteiger partial charge in [-0.05, 0) is 35.2 Å². The first-order valence-electron chi connectivity index (χ1n) is 4.17. The van der Waals surface area contributed by atoms with Gasteiger partial charge in [0.25, 0.3) is 0 Å². The van der Waals surface area contributed by atoms with E-state index in [1.165, 1.54) is 18.5 Å². The number of imidazole rings is 1. The van der Waals surface area contributed by atoms with E-state index in [-0.39, 0.29) is 0 Å². The fourth-order valence-electron chi connectivity index (χ4n) is 1.70. The van der Waals surface area contributed by atoms with Gasteiger partial charge in [0.15, 0.2) is 4.73 Å². The highest BCUT2D eigenvalue weighted by atomic mass is 79.9. The van der Waals surface area contributed by atoms with Crippen LogP contribution in [0.1, 0.15) is 24.2 Å². The average molecular weight is 247 g/mol. The summed E-state index contributed by atoms with van der Waals surface area (Å²) in [6.07, 6.45) is 3.72. The van der Waals surface area contributed by atoms with Crippen LogP contribution in [0.15, 0.2) is 4.73 Å². The summed E-state index contributed by atoms with van der Waals surface area (Å²) in [4.78, 5) is 4.41. The molecule has 2 heterocycles. The molecule has 2 nitrogen and oxygen atoms in total. The van der Waals surface area contributed by atoms with Crippen molar-refractivity contribution in [1.29, 1.82) is 0 Å². The van der Waals surface area contributed by atoms with Gasteiger partial charge >= 0.3 is 0 Å². The summed E-state index contributed by atoms with van der Waals surface area (Å²) >= 11 is 7.72. The molecule has 0 aliphatic carbocycles. The van der Waals surface area contributed by atoms with Crippen LogP contribution in [0, 0.1) is 0 Å². The first-order chi connectivity index (χ1) is 5.83. The number of rotatable bonds is 1. The van der Waals surface area contributed by atoms with Gasteiger partial charge in [-0.15, -0.1) is 0 Å². The molecule has 2 rings (SSSR count). The van der Waals surface area contributed by atoms with Crippen molar-refractivity contribution in [2.45, 2.75) is 31.6 Å². The van der Waals surface area contributed by atoms with Crippen LogP contribution in [-0.4, -0.2) is 9.55 Å². The Morgan fingerprint density at radius 2 is 2.33 bits per heavy atom. The van der Waals surface area contributed by atoms with Gasteiger partial charge in [-0.1, -0.05) is 0 Å². The number of nitrogens with zero attached hydrogens (tertiary/aromatic N) is 2. The summed E-state index contributed by atoms with van der Waals surface area (Å²) < 4.78 is 3.23. The van der Waals surface area contributed by atoms with Gasteiger partial charge in [-0.2, -0.15) is 12.6 Å². The third kappa shape index (κ3) is 1.31. The van der Waals surface area contributed by atoms with Crippen molar-refractivity contribution in [3.05, 3.63) is 16.1 Å². The highest BCUT2D eigenvalue weighted by molar-refractivity contribution is 9.10. The third-order valence-electron chi connectivity index (χ3n) is 2.30. The van der Waals surface area contributed by atoms with Gasteiger partial charge < -0.3 is 4.57 Å². The highest BCUT2D eigenvalue weighted by Gasteiger charge is 2.16. The minimum Gasteiger partial charge on any atom is -0.322 e. The predicted molar refractivity (Wildman–Crippen MR) is 55.6 cm³/mol. The van der Waals surface area contributed by atoms with E-state index in [0.717, 1.165) is 29.1 Å². The minimum absolute atomic E-state index is 0.751. The molecule has 0 atom stereocenters. The minimum atomic E-state index is 0.751. The summed E-state index contributed by atoms with van der Waals surface area (Å²) in [6.45, 7) is 1.11. The van der Waals surface area contributed by atoms with Crippen molar-refractivity contribution < 1.29 is 0 Å². The number of hydrogen-bond donors (Lipinski definition) is 1. The summed E-state index contributed by atoms with van der Waals surface area (Å²) in [5.41, 5.74) is 2.52. The first-order valence-corrected chi connectivity index (χ1v) is 5.60. The molecule has 0 saturated heterocycles. The summed E-state index contributed by atoms with van der Waals surface area (Å²) in [6, 6.07) is 0. The molecule has 1 aromatic rings. The van der Waals surface area contributed by atoms with Crippen molar-refractivity contribution in [3.8, 4) is 0 Å². The molecule has 4 heteroatoms. The zero-order valence-corrected chi connectivity index (χ0v) is 9.24. The van der Waals surface area contributed by atoms with Gasteiger partial charge in [0.1, 0.15) is 0 Å². The van der Waals surface area contributed by atoms with E-state index in [2.05, 4.69) is 38.1 Å². The second-order valence-corrected chi connectivity index (χ2v) is 4.07. The van der Waals surface area contributed by atoms with Gasteiger partial charge in [0, 0.05) is 18.0 Å². The van der Waals surface area contributed by atoms with E-state index < -0.39 is 0 Å². The Bertz CT molecular complexity index is 295. The fraction of sp³-hybridized carbons (Fsp3) is 0.625. The molecule has 0 N–H and O–H groups in total. The molecular weight excluding hydrogens is 236 g/mol. The molecule has 0 fully saturated rings. The fourth-order valence-corrected chi connectivity index (χ4v) is 2.56. The summed E-state index contributed by atoms with van der Waals surface area (Å²) in [5, 5.41) is 0. The van der Waals surface area contributed by atoms with Crippen LogP contribution in [0.4, 0.5) is 0 Å². The average Bonchev–Trinajstić information content (AvgIpc) is 2.44. The molecule has 66 valence electrons. The second kappa shape index (κ2) is 3.42. The molecule has 0 spiro atoms. The van der Waals surface area contributed by atoms with E-state index in [4.69, 9.17) is 0 Å². The Balaban J connectivity index is 2.47. The van der Waals surface area contributed by atoms with E-state index in [0.29, 0.717) is 0 Å². The Kier molecular flexibility index (Phi) is 2.46.